The Morgan fingerprint density at radius 2 is 2.05 bits per heavy atom. The van der Waals surface area contributed by atoms with Crippen molar-refractivity contribution in [1.82, 2.24) is 5.32 Å². The second-order valence-electron chi connectivity index (χ2n) is 3.87. The fourth-order valence-electron chi connectivity index (χ4n) is 1.81. The Kier molecular flexibility index (Phi) is 6.11. The van der Waals surface area contributed by atoms with Gasteiger partial charge in [0, 0.05) is 19.2 Å². The molecule has 0 aromatic heterocycles. The minimum atomic E-state index is -0.653. The van der Waals surface area contributed by atoms with Gasteiger partial charge in [0.2, 0.25) is 5.91 Å². The van der Waals surface area contributed by atoms with Gasteiger partial charge in [0.05, 0.1) is 20.8 Å². The lowest BCUT2D eigenvalue weighted by molar-refractivity contribution is -0.120. The third kappa shape index (κ3) is 3.84. The van der Waals surface area contributed by atoms with Crippen LogP contribution in [0.15, 0.2) is 18.2 Å². The maximum absolute atomic E-state index is 11.6. The van der Waals surface area contributed by atoms with Gasteiger partial charge < -0.3 is 19.9 Å². The number of hydrogen-bond acceptors (Lipinski definition) is 5. The highest BCUT2D eigenvalue weighted by Crippen LogP contribution is 2.34. The topological polar surface area (TPSA) is 82.8 Å². The zero-order chi connectivity index (χ0) is 14.3. The zero-order valence-electron chi connectivity index (χ0n) is 11.4. The molecule has 1 aromatic carbocycles. The smallest absolute Gasteiger partial charge is 0.239 e. The Morgan fingerprint density at radius 1 is 1.32 bits per heavy atom. The van der Waals surface area contributed by atoms with Crippen LogP contribution in [0.4, 0.5) is 0 Å². The molecule has 1 unspecified atom stereocenters. The first-order valence-corrected chi connectivity index (χ1v) is 5.88. The molecule has 1 rings (SSSR count). The minimum absolute atomic E-state index is 0.482. The average Bonchev–Trinajstić information content (AvgIpc) is 2.42. The number of methoxy groups -OCH3 is 3. The predicted molar refractivity (Wildman–Crippen MR) is 71.4 cm³/mol. The van der Waals surface area contributed by atoms with E-state index in [0.717, 1.165) is 0 Å². The summed E-state index contributed by atoms with van der Waals surface area (Å²) in [5.74, 6) is 0.571. The van der Waals surface area contributed by atoms with Crippen LogP contribution in [0.3, 0.4) is 0 Å². The third-order valence-electron chi connectivity index (χ3n) is 2.68. The molecular formula is C13H20N2O4. The van der Waals surface area contributed by atoms with Crippen LogP contribution in [0.25, 0.3) is 0 Å². The average molecular weight is 268 g/mol. The molecular weight excluding hydrogens is 248 g/mol. The molecule has 0 aliphatic carbocycles. The Bertz CT molecular complexity index is 423. The molecule has 1 atom stereocenters. The van der Waals surface area contributed by atoms with Gasteiger partial charge in [-0.25, -0.2) is 0 Å². The van der Waals surface area contributed by atoms with Crippen LogP contribution in [0.5, 0.6) is 11.5 Å². The SMILES string of the molecule is COCCNC(C(N)=O)c1cccc(OC)c1OC. The molecule has 3 N–H and O–H groups in total. The van der Waals surface area contributed by atoms with Crippen molar-refractivity contribution in [2.75, 3.05) is 34.5 Å². The molecule has 6 heteroatoms. The fraction of sp³-hybridized carbons (Fsp3) is 0.462. The summed E-state index contributed by atoms with van der Waals surface area (Å²) in [6.07, 6.45) is 0. The molecule has 0 saturated heterocycles. The summed E-state index contributed by atoms with van der Waals surface area (Å²) in [5.41, 5.74) is 6.07. The van der Waals surface area contributed by atoms with E-state index in [4.69, 9.17) is 19.9 Å². The number of nitrogens with two attached hydrogens (primary N) is 1. The van der Waals surface area contributed by atoms with Crippen LogP contribution in [-0.4, -0.2) is 40.4 Å². The monoisotopic (exact) mass is 268 g/mol. The second-order valence-corrected chi connectivity index (χ2v) is 3.87. The second kappa shape index (κ2) is 7.60. The van der Waals surface area contributed by atoms with Gasteiger partial charge in [-0.15, -0.1) is 0 Å². The van der Waals surface area contributed by atoms with Crippen LogP contribution in [-0.2, 0) is 9.53 Å². The number of hydrogen-bond donors (Lipinski definition) is 2. The van der Waals surface area contributed by atoms with E-state index in [0.29, 0.717) is 30.2 Å². The number of para-hydroxylation sites is 1. The Balaban J connectivity index is 3.04. The lowest BCUT2D eigenvalue weighted by Crippen LogP contribution is -2.35. The van der Waals surface area contributed by atoms with E-state index in [9.17, 15) is 4.79 Å². The molecule has 0 aliphatic rings. The quantitative estimate of drug-likeness (QED) is 0.670. The van der Waals surface area contributed by atoms with Gasteiger partial charge in [-0.1, -0.05) is 12.1 Å². The van der Waals surface area contributed by atoms with Crippen molar-refractivity contribution < 1.29 is 19.0 Å². The number of ether oxygens (including phenoxy) is 3. The van der Waals surface area contributed by atoms with Gasteiger partial charge in [0.1, 0.15) is 6.04 Å². The van der Waals surface area contributed by atoms with Crippen LogP contribution >= 0.6 is 0 Å². The largest absolute Gasteiger partial charge is 0.493 e. The highest BCUT2D eigenvalue weighted by atomic mass is 16.5. The van der Waals surface area contributed by atoms with Crippen LogP contribution in [0.1, 0.15) is 11.6 Å². The highest BCUT2D eigenvalue weighted by Gasteiger charge is 2.23. The highest BCUT2D eigenvalue weighted by molar-refractivity contribution is 5.82. The normalized spacial score (nSPS) is 11.9. The Labute approximate surface area is 112 Å². The summed E-state index contributed by atoms with van der Waals surface area (Å²) in [6.45, 7) is 0.987. The summed E-state index contributed by atoms with van der Waals surface area (Å²) >= 11 is 0. The van der Waals surface area contributed by atoms with E-state index in [-0.39, 0.29) is 0 Å². The number of primary amides is 1. The molecule has 0 spiro atoms. The summed E-state index contributed by atoms with van der Waals surface area (Å²) in [4.78, 5) is 11.6. The summed E-state index contributed by atoms with van der Waals surface area (Å²) < 4.78 is 15.4. The number of rotatable bonds is 8. The van der Waals surface area contributed by atoms with E-state index >= 15 is 0 Å². The molecule has 0 radical (unpaired) electrons. The van der Waals surface area contributed by atoms with Crippen molar-refractivity contribution in [3.8, 4) is 11.5 Å². The molecule has 0 fully saturated rings. The van der Waals surface area contributed by atoms with E-state index < -0.39 is 11.9 Å². The lowest BCUT2D eigenvalue weighted by atomic mass is 10.0. The lowest BCUT2D eigenvalue weighted by Gasteiger charge is -2.19. The van der Waals surface area contributed by atoms with Crippen molar-refractivity contribution in [3.05, 3.63) is 23.8 Å². The molecule has 1 amide bonds. The van der Waals surface area contributed by atoms with E-state index in [1.165, 1.54) is 7.11 Å². The third-order valence-corrected chi connectivity index (χ3v) is 2.68. The molecule has 1 aromatic rings. The van der Waals surface area contributed by atoms with Crippen molar-refractivity contribution in [1.29, 1.82) is 0 Å². The molecule has 0 saturated carbocycles. The van der Waals surface area contributed by atoms with Crippen LogP contribution < -0.4 is 20.5 Å². The minimum Gasteiger partial charge on any atom is -0.493 e. The van der Waals surface area contributed by atoms with Crippen molar-refractivity contribution in [2.45, 2.75) is 6.04 Å². The van der Waals surface area contributed by atoms with E-state index in [1.807, 2.05) is 0 Å². The predicted octanol–water partition coefficient (Wildman–Crippen LogP) is 0.466. The maximum Gasteiger partial charge on any atom is 0.239 e. The standard InChI is InChI=1S/C13H20N2O4/c1-17-8-7-15-11(13(14)16)9-5-4-6-10(18-2)12(9)19-3/h4-6,11,15H,7-8H2,1-3H3,(H2,14,16). The van der Waals surface area contributed by atoms with Crippen molar-refractivity contribution in [3.63, 3.8) is 0 Å². The Hall–Kier alpha value is -1.79. The molecule has 6 nitrogen and oxygen atoms in total. The van der Waals surface area contributed by atoms with Crippen molar-refractivity contribution in [2.24, 2.45) is 5.73 Å². The van der Waals surface area contributed by atoms with Gasteiger partial charge in [0.15, 0.2) is 11.5 Å². The first kappa shape index (κ1) is 15.3. The number of carbonyl (C=O) groups is 1. The summed E-state index contributed by atoms with van der Waals surface area (Å²) in [7, 11) is 4.65. The number of nitrogens with one attached hydrogen (secondary N) is 1. The van der Waals surface area contributed by atoms with Crippen LogP contribution in [0.2, 0.25) is 0 Å². The molecule has 19 heavy (non-hydrogen) atoms. The molecule has 106 valence electrons. The summed E-state index contributed by atoms with van der Waals surface area (Å²) in [5, 5.41) is 3.03. The van der Waals surface area contributed by atoms with Gasteiger partial charge in [-0.05, 0) is 6.07 Å². The number of benzene rings is 1. The number of amides is 1. The van der Waals surface area contributed by atoms with Gasteiger partial charge >= 0.3 is 0 Å². The molecule has 0 aliphatic heterocycles. The van der Waals surface area contributed by atoms with Gasteiger partial charge in [-0.2, -0.15) is 0 Å². The summed E-state index contributed by atoms with van der Waals surface area (Å²) in [6, 6.07) is 4.66. The zero-order valence-corrected chi connectivity index (χ0v) is 11.4. The molecule has 0 bridgehead atoms. The first-order valence-electron chi connectivity index (χ1n) is 5.88. The Morgan fingerprint density at radius 3 is 2.58 bits per heavy atom. The van der Waals surface area contributed by atoms with Gasteiger partial charge in [-0.3, -0.25) is 10.1 Å². The fourth-order valence-corrected chi connectivity index (χ4v) is 1.81. The first-order chi connectivity index (χ1) is 9.15. The van der Waals surface area contributed by atoms with E-state index in [2.05, 4.69) is 5.32 Å². The van der Waals surface area contributed by atoms with Crippen molar-refractivity contribution >= 4 is 5.91 Å². The van der Waals surface area contributed by atoms with Gasteiger partial charge in [0.25, 0.3) is 0 Å². The van der Waals surface area contributed by atoms with Crippen LogP contribution in [0, 0.1) is 0 Å². The molecule has 0 heterocycles. The number of carbonyl (C=O) groups excluding carboxylic acids is 1. The van der Waals surface area contributed by atoms with E-state index in [1.54, 1.807) is 32.4 Å². The maximum atomic E-state index is 11.6.